The Bertz CT molecular complexity index is 492. The van der Waals surface area contributed by atoms with Gasteiger partial charge in [0.05, 0.1) is 30.6 Å². The highest BCUT2D eigenvalue weighted by Gasteiger charge is 2.32. The first-order chi connectivity index (χ1) is 9.79. The molecule has 1 aromatic carbocycles. The number of benzene rings is 1. The van der Waals surface area contributed by atoms with Gasteiger partial charge in [0.25, 0.3) is 0 Å². The van der Waals surface area contributed by atoms with Gasteiger partial charge in [-0.1, -0.05) is 19.1 Å². The summed E-state index contributed by atoms with van der Waals surface area (Å²) in [4.78, 5) is 14.7. The van der Waals surface area contributed by atoms with E-state index in [2.05, 4.69) is 17.6 Å². The van der Waals surface area contributed by atoms with Crippen molar-refractivity contribution in [3.63, 3.8) is 0 Å². The third-order valence-corrected chi connectivity index (χ3v) is 4.03. The van der Waals surface area contributed by atoms with Gasteiger partial charge < -0.3 is 20.3 Å². The molecule has 0 aromatic heterocycles. The second kappa shape index (κ2) is 5.71. The van der Waals surface area contributed by atoms with Gasteiger partial charge in [-0.3, -0.25) is 4.79 Å². The molecule has 3 rings (SSSR count). The van der Waals surface area contributed by atoms with Crippen LogP contribution in [0, 0.1) is 0 Å². The number of anilines is 2. The molecule has 108 valence electrons. The third-order valence-electron chi connectivity index (χ3n) is 4.03. The molecule has 0 radical (unpaired) electrons. The van der Waals surface area contributed by atoms with Crippen LogP contribution in [0.3, 0.4) is 0 Å². The second-order valence-corrected chi connectivity index (χ2v) is 5.29. The van der Waals surface area contributed by atoms with Gasteiger partial charge in [0.1, 0.15) is 6.04 Å². The maximum Gasteiger partial charge on any atom is 0.247 e. The molecule has 0 aliphatic carbocycles. The summed E-state index contributed by atoms with van der Waals surface area (Å²) in [6, 6.07) is 7.99. The molecule has 1 saturated heterocycles. The smallest absolute Gasteiger partial charge is 0.247 e. The molecule has 0 saturated carbocycles. The molecular formula is C15H21N3O2. The van der Waals surface area contributed by atoms with Crippen molar-refractivity contribution in [3.05, 3.63) is 24.3 Å². The number of rotatable bonds is 2. The number of carbonyl (C=O) groups is 1. The average Bonchev–Trinajstić information content (AvgIpc) is 2.53. The summed E-state index contributed by atoms with van der Waals surface area (Å²) in [5, 5.41) is 6.67. The van der Waals surface area contributed by atoms with E-state index in [1.807, 2.05) is 29.2 Å². The summed E-state index contributed by atoms with van der Waals surface area (Å²) in [6.07, 6.45) is 0.933. The monoisotopic (exact) mass is 275 g/mol. The number of carbonyl (C=O) groups excluding carboxylic acids is 1. The SMILES string of the molecule is CCC1COCCN1C(=O)C1CNc2ccccc2N1. The molecule has 2 unspecified atom stereocenters. The number of hydrogen-bond acceptors (Lipinski definition) is 4. The van der Waals surface area contributed by atoms with Gasteiger partial charge in [0, 0.05) is 13.1 Å². The van der Waals surface area contributed by atoms with E-state index in [9.17, 15) is 4.79 Å². The predicted molar refractivity (Wildman–Crippen MR) is 79.0 cm³/mol. The summed E-state index contributed by atoms with van der Waals surface area (Å²) in [7, 11) is 0. The fraction of sp³-hybridized carbons (Fsp3) is 0.533. The van der Waals surface area contributed by atoms with E-state index >= 15 is 0 Å². The van der Waals surface area contributed by atoms with Gasteiger partial charge in [0.15, 0.2) is 0 Å². The Morgan fingerprint density at radius 3 is 3.00 bits per heavy atom. The van der Waals surface area contributed by atoms with Gasteiger partial charge in [-0.2, -0.15) is 0 Å². The molecule has 1 aromatic rings. The Kier molecular flexibility index (Phi) is 3.78. The van der Waals surface area contributed by atoms with E-state index in [-0.39, 0.29) is 18.0 Å². The molecular weight excluding hydrogens is 254 g/mol. The zero-order valence-electron chi connectivity index (χ0n) is 11.8. The molecule has 1 amide bonds. The summed E-state index contributed by atoms with van der Waals surface area (Å²) < 4.78 is 5.47. The van der Waals surface area contributed by atoms with E-state index in [1.165, 1.54) is 0 Å². The van der Waals surface area contributed by atoms with Crippen LogP contribution in [0.1, 0.15) is 13.3 Å². The topological polar surface area (TPSA) is 53.6 Å². The van der Waals surface area contributed by atoms with Crippen molar-refractivity contribution in [1.82, 2.24) is 4.90 Å². The summed E-state index contributed by atoms with van der Waals surface area (Å²) in [5.74, 6) is 0.169. The number of nitrogens with one attached hydrogen (secondary N) is 2. The zero-order valence-corrected chi connectivity index (χ0v) is 11.8. The van der Waals surface area contributed by atoms with Crippen molar-refractivity contribution >= 4 is 17.3 Å². The quantitative estimate of drug-likeness (QED) is 0.859. The van der Waals surface area contributed by atoms with E-state index in [0.717, 1.165) is 17.8 Å². The van der Waals surface area contributed by atoms with E-state index in [4.69, 9.17) is 4.74 Å². The summed E-state index contributed by atoms with van der Waals surface area (Å²) >= 11 is 0. The lowest BCUT2D eigenvalue weighted by atomic mass is 10.1. The van der Waals surface area contributed by atoms with Crippen LogP contribution in [0.5, 0.6) is 0 Å². The lowest BCUT2D eigenvalue weighted by Gasteiger charge is -2.38. The Morgan fingerprint density at radius 2 is 2.20 bits per heavy atom. The highest BCUT2D eigenvalue weighted by Crippen LogP contribution is 2.26. The Hall–Kier alpha value is -1.75. The van der Waals surface area contributed by atoms with Crippen LogP contribution < -0.4 is 10.6 Å². The van der Waals surface area contributed by atoms with E-state index in [1.54, 1.807) is 0 Å². The van der Waals surface area contributed by atoms with Crippen LogP contribution in [0.2, 0.25) is 0 Å². The molecule has 2 aliphatic heterocycles. The molecule has 1 fully saturated rings. The van der Waals surface area contributed by atoms with Crippen LogP contribution in [-0.2, 0) is 9.53 Å². The van der Waals surface area contributed by atoms with Gasteiger partial charge in [-0.05, 0) is 18.6 Å². The lowest BCUT2D eigenvalue weighted by molar-refractivity contribution is -0.140. The highest BCUT2D eigenvalue weighted by molar-refractivity contribution is 5.89. The van der Waals surface area contributed by atoms with Crippen molar-refractivity contribution in [1.29, 1.82) is 0 Å². The van der Waals surface area contributed by atoms with Gasteiger partial charge in [0.2, 0.25) is 5.91 Å². The fourth-order valence-corrected chi connectivity index (χ4v) is 2.85. The minimum absolute atomic E-state index is 0.169. The Balaban J connectivity index is 1.72. The molecule has 2 aliphatic rings. The predicted octanol–water partition coefficient (Wildman–Crippen LogP) is 1.53. The van der Waals surface area contributed by atoms with Crippen molar-refractivity contribution in [2.24, 2.45) is 0 Å². The van der Waals surface area contributed by atoms with Gasteiger partial charge in [-0.15, -0.1) is 0 Å². The number of morpholine rings is 1. The Morgan fingerprint density at radius 1 is 1.40 bits per heavy atom. The molecule has 2 atom stereocenters. The Labute approximate surface area is 119 Å². The van der Waals surface area contributed by atoms with Crippen molar-refractivity contribution in [2.75, 3.05) is 36.9 Å². The van der Waals surface area contributed by atoms with Gasteiger partial charge >= 0.3 is 0 Å². The summed E-state index contributed by atoms with van der Waals surface area (Å²) in [5.41, 5.74) is 2.06. The zero-order chi connectivity index (χ0) is 13.9. The van der Waals surface area contributed by atoms with Crippen molar-refractivity contribution in [3.8, 4) is 0 Å². The van der Waals surface area contributed by atoms with Crippen LogP contribution in [0.15, 0.2) is 24.3 Å². The van der Waals surface area contributed by atoms with Gasteiger partial charge in [-0.25, -0.2) is 0 Å². The number of hydrogen-bond donors (Lipinski definition) is 2. The molecule has 5 nitrogen and oxygen atoms in total. The number of ether oxygens (including phenoxy) is 1. The molecule has 5 heteroatoms. The number of nitrogens with zero attached hydrogens (tertiary/aromatic N) is 1. The molecule has 20 heavy (non-hydrogen) atoms. The van der Waals surface area contributed by atoms with Crippen molar-refractivity contribution < 1.29 is 9.53 Å². The summed E-state index contributed by atoms with van der Waals surface area (Å²) in [6.45, 7) is 4.71. The molecule has 2 N–H and O–H groups in total. The van der Waals surface area contributed by atoms with Crippen LogP contribution in [0.4, 0.5) is 11.4 Å². The van der Waals surface area contributed by atoms with Crippen LogP contribution >= 0.6 is 0 Å². The molecule has 2 heterocycles. The van der Waals surface area contributed by atoms with Crippen LogP contribution in [-0.4, -0.2) is 49.2 Å². The highest BCUT2D eigenvalue weighted by atomic mass is 16.5. The minimum Gasteiger partial charge on any atom is -0.381 e. The first-order valence-corrected chi connectivity index (χ1v) is 7.27. The second-order valence-electron chi connectivity index (χ2n) is 5.29. The lowest BCUT2D eigenvalue weighted by Crippen LogP contribution is -2.55. The van der Waals surface area contributed by atoms with Crippen molar-refractivity contribution in [2.45, 2.75) is 25.4 Å². The number of fused-ring (bicyclic) bond motifs is 1. The van der Waals surface area contributed by atoms with E-state index < -0.39 is 0 Å². The fourth-order valence-electron chi connectivity index (χ4n) is 2.85. The molecule has 0 spiro atoms. The number of amides is 1. The van der Waals surface area contributed by atoms with E-state index in [0.29, 0.717) is 26.3 Å². The standard InChI is InChI=1S/C15H21N3O2/c1-2-11-10-20-8-7-18(11)15(19)14-9-16-12-5-3-4-6-13(12)17-14/h3-6,11,14,16-17H,2,7-10H2,1H3. The first-order valence-electron chi connectivity index (χ1n) is 7.27. The molecule has 0 bridgehead atoms. The van der Waals surface area contributed by atoms with Crippen LogP contribution in [0.25, 0.3) is 0 Å². The maximum atomic E-state index is 12.7. The number of para-hydroxylation sites is 2. The average molecular weight is 275 g/mol. The minimum atomic E-state index is -0.197. The maximum absolute atomic E-state index is 12.7. The normalized spacial score (nSPS) is 25.4. The first kappa shape index (κ1) is 13.2. The third kappa shape index (κ3) is 2.45. The largest absolute Gasteiger partial charge is 0.381 e.